The van der Waals surface area contributed by atoms with Crippen LogP contribution in [0.25, 0.3) is 11.2 Å². The van der Waals surface area contributed by atoms with Crippen molar-refractivity contribution >= 4 is 44.3 Å². The molecule has 2 aromatic carbocycles. The van der Waals surface area contributed by atoms with Crippen molar-refractivity contribution in [2.24, 2.45) is 0 Å². The fourth-order valence-corrected chi connectivity index (χ4v) is 4.13. The number of hydrogen-bond acceptors (Lipinski definition) is 6. The number of anilines is 1. The monoisotopic (exact) mass is 474 g/mol. The van der Waals surface area contributed by atoms with Gasteiger partial charge >= 0.3 is 0 Å². The van der Waals surface area contributed by atoms with Gasteiger partial charge in [0.1, 0.15) is 11.6 Å². The van der Waals surface area contributed by atoms with Crippen molar-refractivity contribution in [3.63, 3.8) is 0 Å². The fraction of sp³-hybridized carbons (Fsp3) is 0.0500. The highest BCUT2D eigenvalue weighted by Crippen LogP contribution is 2.24. The van der Waals surface area contributed by atoms with Gasteiger partial charge in [-0.1, -0.05) is 29.8 Å². The Morgan fingerprint density at radius 1 is 1.22 bits per heavy atom. The Morgan fingerprint density at radius 2 is 1.97 bits per heavy atom. The zero-order valence-electron chi connectivity index (χ0n) is 16.3. The molecule has 2 heterocycles. The van der Waals surface area contributed by atoms with Crippen LogP contribution in [0.5, 0.6) is 0 Å². The minimum Gasteiger partial charge on any atom is -0.339 e. The number of pyridine rings is 1. The lowest BCUT2D eigenvalue weighted by Crippen LogP contribution is -2.27. The van der Waals surface area contributed by atoms with Crippen molar-refractivity contribution in [1.82, 2.24) is 19.7 Å². The smallest absolute Gasteiger partial charge is 0.240 e. The molecule has 0 atom stereocenters. The lowest BCUT2D eigenvalue weighted by Gasteiger charge is -2.18. The van der Waals surface area contributed by atoms with Gasteiger partial charge in [0.05, 0.1) is 27.7 Å². The standard InChI is InChI=1S/C20H16ClFN6O3S/c21-15-10-12(6-7-16(15)22)28(29)19(23)14-8-9-24-20-18(14)26-17(27-20)11-25-32(30,31)13-4-2-1-3-5-13/h1-10,23,25,29H,11H2,(H,24,26,27). The number of aromatic nitrogens is 3. The Kier molecular flexibility index (Phi) is 5.89. The van der Waals surface area contributed by atoms with E-state index in [1.807, 2.05) is 0 Å². The van der Waals surface area contributed by atoms with Crippen LogP contribution in [0.15, 0.2) is 65.7 Å². The number of hydroxylamine groups is 1. The first-order valence-electron chi connectivity index (χ1n) is 9.17. The third kappa shape index (κ3) is 4.32. The maximum absolute atomic E-state index is 13.4. The topological polar surface area (TPSA) is 135 Å². The minimum absolute atomic E-state index is 0.0849. The number of nitrogens with one attached hydrogen (secondary N) is 3. The summed E-state index contributed by atoms with van der Waals surface area (Å²) in [6.07, 6.45) is 1.40. The molecule has 164 valence electrons. The Bertz CT molecular complexity index is 1410. The van der Waals surface area contributed by atoms with Crippen LogP contribution in [0.3, 0.4) is 0 Å². The molecule has 0 saturated heterocycles. The van der Waals surface area contributed by atoms with Gasteiger partial charge in [0.25, 0.3) is 0 Å². The van der Waals surface area contributed by atoms with Crippen molar-refractivity contribution in [1.29, 1.82) is 5.41 Å². The average Bonchev–Trinajstić information content (AvgIpc) is 3.22. The Labute approximate surface area is 187 Å². The highest BCUT2D eigenvalue weighted by atomic mass is 35.5. The van der Waals surface area contributed by atoms with Crippen LogP contribution >= 0.6 is 11.6 Å². The van der Waals surface area contributed by atoms with Crippen molar-refractivity contribution in [2.75, 3.05) is 5.06 Å². The molecule has 0 spiro atoms. The zero-order valence-corrected chi connectivity index (χ0v) is 17.8. The van der Waals surface area contributed by atoms with E-state index in [1.165, 1.54) is 36.5 Å². The summed E-state index contributed by atoms with van der Waals surface area (Å²) < 4.78 is 40.7. The molecule has 0 aliphatic heterocycles. The van der Waals surface area contributed by atoms with Gasteiger partial charge in [-0.05, 0) is 36.4 Å². The summed E-state index contributed by atoms with van der Waals surface area (Å²) in [4.78, 5) is 11.4. The van der Waals surface area contributed by atoms with Crippen LogP contribution in [-0.2, 0) is 16.6 Å². The van der Waals surface area contributed by atoms with E-state index in [9.17, 15) is 18.0 Å². The van der Waals surface area contributed by atoms with E-state index < -0.39 is 15.8 Å². The van der Waals surface area contributed by atoms with Gasteiger partial charge in [-0.25, -0.2) is 32.6 Å². The Hall–Kier alpha value is -3.38. The Morgan fingerprint density at radius 3 is 2.69 bits per heavy atom. The summed E-state index contributed by atoms with van der Waals surface area (Å²) >= 11 is 5.76. The minimum atomic E-state index is -3.74. The van der Waals surface area contributed by atoms with E-state index in [4.69, 9.17) is 17.0 Å². The molecule has 4 N–H and O–H groups in total. The normalized spacial score (nSPS) is 11.6. The van der Waals surface area contributed by atoms with Gasteiger partial charge in [0, 0.05) is 11.8 Å². The predicted molar refractivity (Wildman–Crippen MR) is 117 cm³/mol. The maximum atomic E-state index is 13.4. The predicted octanol–water partition coefficient (Wildman–Crippen LogP) is 3.45. The van der Waals surface area contributed by atoms with Gasteiger partial charge in [0.2, 0.25) is 10.0 Å². The van der Waals surface area contributed by atoms with E-state index in [2.05, 4.69) is 19.7 Å². The third-order valence-electron chi connectivity index (χ3n) is 4.54. The van der Waals surface area contributed by atoms with Crippen LogP contribution in [-0.4, -0.2) is 34.4 Å². The quantitative estimate of drug-likeness (QED) is 0.192. The number of sulfonamides is 1. The van der Waals surface area contributed by atoms with Crippen LogP contribution in [0.4, 0.5) is 10.1 Å². The molecule has 12 heteroatoms. The van der Waals surface area contributed by atoms with Crippen LogP contribution in [0.1, 0.15) is 11.4 Å². The first kappa shape index (κ1) is 21.8. The van der Waals surface area contributed by atoms with E-state index in [-0.39, 0.29) is 45.0 Å². The first-order valence-corrected chi connectivity index (χ1v) is 11.0. The van der Waals surface area contributed by atoms with Crippen molar-refractivity contribution in [2.45, 2.75) is 11.4 Å². The van der Waals surface area contributed by atoms with Crippen molar-refractivity contribution in [3.8, 4) is 0 Å². The second-order valence-corrected chi connectivity index (χ2v) is 8.81. The van der Waals surface area contributed by atoms with E-state index in [1.54, 1.807) is 18.2 Å². The van der Waals surface area contributed by atoms with Crippen LogP contribution < -0.4 is 9.79 Å². The van der Waals surface area contributed by atoms with Gasteiger partial charge in [-0.3, -0.25) is 10.6 Å². The molecule has 0 fully saturated rings. The Balaban J connectivity index is 1.59. The summed E-state index contributed by atoms with van der Waals surface area (Å²) in [5.41, 5.74) is 0.870. The number of nitrogens with zero attached hydrogens (tertiary/aromatic N) is 3. The SMILES string of the molecule is N=C(c1ccnc2nc(CNS(=O)(=O)c3ccccc3)[nH]c12)N(O)c1ccc(F)c(Cl)c1. The molecule has 0 aliphatic rings. The third-order valence-corrected chi connectivity index (χ3v) is 6.25. The number of H-pyrrole nitrogens is 1. The molecule has 0 amide bonds. The molecule has 32 heavy (non-hydrogen) atoms. The van der Waals surface area contributed by atoms with Crippen LogP contribution in [0, 0.1) is 11.2 Å². The molecule has 0 aliphatic carbocycles. The summed E-state index contributed by atoms with van der Waals surface area (Å²) in [5, 5.41) is 19.1. The van der Waals surface area contributed by atoms with E-state index in [0.717, 1.165) is 6.07 Å². The number of hydrogen-bond donors (Lipinski definition) is 4. The van der Waals surface area contributed by atoms with Gasteiger partial charge in [-0.15, -0.1) is 0 Å². The summed E-state index contributed by atoms with van der Waals surface area (Å²) in [6.45, 7) is -0.142. The highest BCUT2D eigenvalue weighted by Gasteiger charge is 2.19. The summed E-state index contributed by atoms with van der Waals surface area (Å²) in [7, 11) is -3.74. The zero-order chi connectivity index (χ0) is 22.9. The molecule has 4 aromatic rings. The number of amidine groups is 1. The maximum Gasteiger partial charge on any atom is 0.240 e. The largest absolute Gasteiger partial charge is 0.339 e. The lowest BCUT2D eigenvalue weighted by molar-refractivity contribution is 0.312. The van der Waals surface area contributed by atoms with Gasteiger partial charge in [0.15, 0.2) is 11.5 Å². The van der Waals surface area contributed by atoms with E-state index in [0.29, 0.717) is 10.6 Å². The van der Waals surface area contributed by atoms with Gasteiger partial charge < -0.3 is 4.98 Å². The second kappa shape index (κ2) is 8.63. The number of halogens is 2. The molecule has 0 unspecified atom stereocenters. The summed E-state index contributed by atoms with van der Waals surface area (Å²) in [5.74, 6) is -0.737. The number of fused-ring (bicyclic) bond motifs is 1. The molecule has 0 saturated carbocycles. The molecule has 4 rings (SSSR count). The first-order chi connectivity index (χ1) is 15.3. The molecular weight excluding hydrogens is 459 g/mol. The van der Waals surface area contributed by atoms with Crippen molar-refractivity contribution < 1.29 is 18.0 Å². The molecule has 0 bridgehead atoms. The number of aromatic amines is 1. The summed E-state index contributed by atoms with van der Waals surface area (Å²) in [6, 6.07) is 12.9. The lowest BCUT2D eigenvalue weighted by atomic mass is 10.2. The van der Waals surface area contributed by atoms with E-state index >= 15 is 0 Å². The molecule has 9 nitrogen and oxygen atoms in total. The molecular formula is C20H16ClFN6O3S. The highest BCUT2D eigenvalue weighted by molar-refractivity contribution is 7.89. The molecule has 2 aromatic heterocycles. The van der Waals surface area contributed by atoms with Gasteiger partial charge in [-0.2, -0.15) is 0 Å². The number of rotatable bonds is 6. The van der Waals surface area contributed by atoms with Crippen LogP contribution in [0.2, 0.25) is 5.02 Å². The molecule has 0 radical (unpaired) electrons. The fourth-order valence-electron chi connectivity index (χ4n) is 2.95. The second-order valence-electron chi connectivity index (χ2n) is 6.64. The average molecular weight is 475 g/mol. The number of benzene rings is 2. The number of imidazole rings is 1. The van der Waals surface area contributed by atoms with Crippen molar-refractivity contribution in [3.05, 3.63) is 83.0 Å².